The molecule has 0 aliphatic carbocycles. The van der Waals surface area contributed by atoms with Crippen molar-refractivity contribution >= 4 is 11.6 Å². The number of nitrogens with zero attached hydrogens (tertiary/aromatic N) is 3. The molecule has 166 valence electrons. The van der Waals surface area contributed by atoms with Crippen LogP contribution in [-0.2, 0) is 17.8 Å². The normalized spacial score (nSPS) is 14.5. The maximum Gasteiger partial charge on any atom is 0.228 e. The smallest absolute Gasteiger partial charge is 0.228 e. The van der Waals surface area contributed by atoms with Gasteiger partial charge >= 0.3 is 0 Å². The van der Waals surface area contributed by atoms with Gasteiger partial charge in [0.05, 0.1) is 17.6 Å². The minimum atomic E-state index is -0.383. The van der Waals surface area contributed by atoms with E-state index in [0.29, 0.717) is 19.0 Å². The monoisotopic (exact) mass is 424 g/mol. The van der Waals surface area contributed by atoms with Gasteiger partial charge in [0.15, 0.2) is 0 Å². The summed E-state index contributed by atoms with van der Waals surface area (Å²) in [6.07, 6.45) is 4.36. The largest absolute Gasteiger partial charge is 0.471 e. The first kappa shape index (κ1) is 22.6. The van der Waals surface area contributed by atoms with Crippen LogP contribution in [0.3, 0.4) is 0 Å². The fraction of sp³-hybridized carbons (Fsp3) is 0.435. The zero-order chi connectivity index (χ0) is 22.6. The highest BCUT2D eigenvalue weighted by Gasteiger charge is 2.29. The van der Waals surface area contributed by atoms with Gasteiger partial charge in [-0.25, -0.2) is 4.98 Å². The number of hydrogen-bond donors (Lipinski definition) is 3. The van der Waals surface area contributed by atoms with Crippen molar-refractivity contribution in [2.75, 3.05) is 18.5 Å². The Morgan fingerprint density at radius 1 is 1.23 bits per heavy atom. The Morgan fingerprint density at radius 3 is 2.65 bits per heavy atom. The van der Waals surface area contributed by atoms with E-state index < -0.39 is 0 Å². The summed E-state index contributed by atoms with van der Waals surface area (Å²) < 4.78 is 5.95. The summed E-state index contributed by atoms with van der Waals surface area (Å²) in [5, 5.41) is 3.30. The highest BCUT2D eigenvalue weighted by atomic mass is 16.5. The lowest BCUT2D eigenvalue weighted by Crippen LogP contribution is -2.42. The molecule has 0 radical (unpaired) electrons. The van der Waals surface area contributed by atoms with Crippen molar-refractivity contribution in [2.45, 2.75) is 47.6 Å². The first-order chi connectivity index (χ1) is 14.7. The second-order valence-corrected chi connectivity index (χ2v) is 8.87. The third-order valence-electron chi connectivity index (χ3n) is 5.24. The average molecular weight is 425 g/mol. The Hall–Kier alpha value is -3.13. The number of hydrogen-bond acceptors (Lipinski definition) is 7. The van der Waals surface area contributed by atoms with E-state index >= 15 is 0 Å². The Labute approximate surface area is 183 Å². The predicted octanol–water partition coefficient (Wildman–Crippen LogP) is 2.90. The van der Waals surface area contributed by atoms with Gasteiger partial charge in [0.1, 0.15) is 6.61 Å². The Kier molecular flexibility index (Phi) is 6.80. The van der Waals surface area contributed by atoms with Gasteiger partial charge < -0.3 is 20.4 Å². The summed E-state index contributed by atoms with van der Waals surface area (Å²) in [7, 11) is 0. The number of nitrogens with one attached hydrogen (secondary N) is 2. The summed E-state index contributed by atoms with van der Waals surface area (Å²) in [6, 6.07) is 5.85. The number of carbonyl (C=O) groups excluding carboxylic acids is 1. The number of aryl methyl sites for hydroxylation is 1. The van der Waals surface area contributed by atoms with E-state index in [0.717, 1.165) is 40.3 Å². The number of allylic oxidation sites excluding steroid dienone is 1. The number of fused-ring (bicyclic) bond motifs is 1. The molecular formula is C23H32N6O2. The zero-order valence-corrected chi connectivity index (χ0v) is 19.0. The van der Waals surface area contributed by atoms with Crippen LogP contribution >= 0.6 is 0 Å². The van der Waals surface area contributed by atoms with Crippen LogP contribution in [0.1, 0.15) is 44.5 Å². The van der Waals surface area contributed by atoms with E-state index in [2.05, 4.69) is 20.7 Å². The number of ether oxygens (including phenoxy) is 1. The lowest BCUT2D eigenvalue weighted by atomic mass is 9.92. The van der Waals surface area contributed by atoms with Crippen LogP contribution in [-0.4, -0.2) is 33.9 Å². The van der Waals surface area contributed by atoms with E-state index in [-0.39, 0.29) is 17.9 Å². The van der Waals surface area contributed by atoms with Crippen molar-refractivity contribution in [1.29, 1.82) is 0 Å². The molecule has 31 heavy (non-hydrogen) atoms. The molecule has 8 heteroatoms. The molecule has 0 unspecified atom stereocenters. The van der Waals surface area contributed by atoms with Crippen molar-refractivity contribution in [3.8, 4) is 5.88 Å². The summed E-state index contributed by atoms with van der Waals surface area (Å²) in [5.74, 6) is 6.32. The van der Waals surface area contributed by atoms with Gasteiger partial charge in [-0.15, -0.1) is 0 Å². The molecule has 0 bridgehead atoms. The summed E-state index contributed by atoms with van der Waals surface area (Å²) in [6.45, 7) is 11.2. The van der Waals surface area contributed by atoms with Gasteiger partial charge in [0.25, 0.3) is 0 Å². The molecule has 1 aliphatic rings. The topological polar surface area (TPSA) is 105 Å². The molecule has 0 saturated heterocycles. The minimum Gasteiger partial charge on any atom is -0.471 e. The lowest BCUT2D eigenvalue weighted by molar-refractivity contribution is -0.140. The van der Waals surface area contributed by atoms with Crippen molar-refractivity contribution < 1.29 is 9.53 Å². The van der Waals surface area contributed by atoms with E-state index in [1.807, 2.05) is 63.9 Å². The van der Waals surface area contributed by atoms with Gasteiger partial charge in [-0.2, -0.15) is 0 Å². The molecular weight excluding hydrogens is 392 g/mol. The summed E-state index contributed by atoms with van der Waals surface area (Å²) in [5.41, 5.74) is 7.86. The van der Waals surface area contributed by atoms with Crippen LogP contribution < -0.4 is 21.3 Å². The Morgan fingerprint density at radius 2 is 2.00 bits per heavy atom. The first-order valence-electron chi connectivity index (χ1n) is 10.4. The quantitative estimate of drug-likeness (QED) is 0.484. The van der Waals surface area contributed by atoms with Crippen LogP contribution in [0.2, 0.25) is 0 Å². The third kappa shape index (κ3) is 5.73. The van der Waals surface area contributed by atoms with E-state index in [4.69, 9.17) is 10.6 Å². The molecule has 1 aliphatic heterocycles. The van der Waals surface area contributed by atoms with Gasteiger partial charge in [0.2, 0.25) is 11.8 Å². The number of rotatable bonds is 6. The third-order valence-corrected chi connectivity index (χ3v) is 5.24. The molecule has 0 saturated carbocycles. The summed E-state index contributed by atoms with van der Waals surface area (Å²) >= 11 is 0. The van der Waals surface area contributed by atoms with Crippen LogP contribution in [0.5, 0.6) is 5.88 Å². The zero-order valence-electron chi connectivity index (χ0n) is 19.0. The minimum absolute atomic E-state index is 0.162. The molecule has 0 fully saturated rings. The molecule has 1 amide bonds. The maximum absolute atomic E-state index is 12.6. The lowest BCUT2D eigenvalue weighted by Gasteiger charge is -2.33. The second kappa shape index (κ2) is 9.34. The van der Waals surface area contributed by atoms with Crippen LogP contribution in [0.4, 0.5) is 5.69 Å². The van der Waals surface area contributed by atoms with Crippen molar-refractivity contribution in [2.24, 2.45) is 11.3 Å². The first-order valence-corrected chi connectivity index (χ1v) is 10.4. The van der Waals surface area contributed by atoms with Crippen LogP contribution in [0.15, 0.2) is 42.0 Å². The molecule has 2 aromatic heterocycles. The average Bonchev–Trinajstić information content (AvgIpc) is 2.75. The second-order valence-electron chi connectivity index (χ2n) is 8.87. The van der Waals surface area contributed by atoms with Gasteiger partial charge in [-0.05, 0) is 43.5 Å². The van der Waals surface area contributed by atoms with Crippen LogP contribution in [0, 0.1) is 12.3 Å². The van der Waals surface area contributed by atoms with Crippen LogP contribution in [0.25, 0.3) is 0 Å². The number of pyridine rings is 2. The number of hydrazine groups is 1. The highest BCUT2D eigenvalue weighted by molar-refractivity contribution is 5.81. The summed E-state index contributed by atoms with van der Waals surface area (Å²) in [4.78, 5) is 23.2. The van der Waals surface area contributed by atoms with Gasteiger partial charge in [-0.3, -0.25) is 15.6 Å². The highest BCUT2D eigenvalue weighted by Crippen LogP contribution is 2.26. The molecule has 0 aromatic carbocycles. The molecule has 8 nitrogen and oxygen atoms in total. The fourth-order valence-electron chi connectivity index (χ4n) is 3.33. The van der Waals surface area contributed by atoms with Gasteiger partial charge in [-0.1, -0.05) is 20.8 Å². The van der Waals surface area contributed by atoms with Crippen molar-refractivity contribution in [3.63, 3.8) is 0 Å². The number of amides is 1. The number of anilines is 1. The fourth-order valence-corrected chi connectivity index (χ4v) is 3.33. The standard InChI is InChI=1S/C23H32N6O2/c1-15-6-7-19(12-25-15)27-20(16(2)28-24)14-31-21-10-17-8-9-29(13-18(17)11-26-21)22(30)23(3,4)5/h6-7,10-12,27-28H,8-9,13-14,24H2,1-5H3/b20-16-. The number of nitrogens with two attached hydrogens (primary N) is 1. The Balaban J connectivity index is 1.67. The molecule has 2 aromatic rings. The van der Waals surface area contributed by atoms with Crippen molar-refractivity contribution in [3.05, 3.63) is 58.8 Å². The molecule has 0 spiro atoms. The molecule has 0 atom stereocenters. The van der Waals surface area contributed by atoms with Gasteiger partial charge in [0, 0.05) is 42.2 Å². The van der Waals surface area contributed by atoms with E-state index in [1.54, 1.807) is 6.20 Å². The number of carbonyl (C=O) groups is 1. The number of aromatic nitrogens is 2. The SMILES string of the molecule is C/C(NN)=C(\COc1cc2c(cn1)CN(C(=O)C(C)(C)C)CC2)Nc1ccc(C)nc1. The van der Waals surface area contributed by atoms with E-state index in [1.165, 1.54) is 0 Å². The predicted molar refractivity (Wildman–Crippen MR) is 121 cm³/mol. The molecule has 3 heterocycles. The van der Waals surface area contributed by atoms with E-state index in [9.17, 15) is 4.79 Å². The maximum atomic E-state index is 12.6. The molecule has 3 rings (SSSR count). The van der Waals surface area contributed by atoms with Crippen molar-refractivity contribution in [1.82, 2.24) is 20.3 Å². The molecule has 4 N–H and O–H groups in total. The Bertz CT molecular complexity index is 963.